The van der Waals surface area contributed by atoms with E-state index in [9.17, 15) is 13.2 Å². The molecule has 0 heterocycles. The standard InChI is InChI=1S/C34H45F3O/c1-13-20-38-31(12)34(37)33(36)30(11)27(8)19-18-26(7)29(10)32(35)21-28(9)25(6)17-16-24(5)23(4)15-14-22(2)3/h13,17-19,21-24H,1,7-12,14-16,20H2,2-6H3/b19-18-,25-17+,32-21+,34-33-. The van der Waals surface area contributed by atoms with Crippen LogP contribution in [0.4, 0.5) is 13.2 Å². The highest BCUT2D eigenvalue weighted by atomic mass is 19.2. The summed E-state index contributed by atoms with van der Waals surface area (Å²) in [5, 5.41) is 0. The van der Waals surface area contributed by atoms with Gasteiger partial charge in [0.15, 0.2) is 11.6 Å². The van der Waals surface area contributed by atoms with E-state index in [1.165, 1.54) is 37.1 Å². The molecule has 4 heteroatoms. The molecule has 0 aliphatic carbocycles. The number of ether oxygens (including phenoxy) is 1. The molecule has 0 saturated carbocycles. The van der Waals surface area contributed by atoms with Crippen molar-refractivity contribution < 1.29 is 17.9 Å². The summed E-state index contributed by atoms with van der Waals surface area (Å²) in [4.78, 5) is 0. The zero-order valence-electron chi connectivity index (χ0n) is 23.9. The van der Waals surface area contributed by atoms with E-state index in [1.54, 1.807) is 0 Å². The molecule has 0 amide bonds. The van der Waals surface area contributed by atoms with Crippen LogP contribution in [0.3, 0.4) is 0 Å². The molecule has 1 nitrogen and oxygen atoms in total. The fraction of sp³-hybridized carbons (Fsp3) is 0.353. The third-order valence-corrected chi connectivity index (χ3v) is 6.40. The van der Waals surface area contributed by atoms with E-state index in [0.29, 0.717) is 23.3 Å². The average Bonchev–Trinajstić information content (AvgIpc) is 2.89. The number of hydrogen-bond donors (Lipinski definition) is 0. The van der Waals surface area contributed by atoms with Crippen LogP contribution >= 0.6 is 0 Å². The Balaban J connectivity index is 5.21. The lowest BCUT2D eigenvalue weighted by atomic mass is 9.86. The highest BCUT2D eigenvalue weighted by Gasteiger charge is 2.16. The minimum atomic E-state index is -1.29. The topological polar surface area (TPSA) is 9.23 Å². The molecule has 0 aliphatic heterocycles. The second kappa shape index (κ2) is 17.3. The molecular formula is C34H45F3O. The molecular weight excluding hydrogens is 481 g/mol. The zero-order chi connectivity index (χ0) is 29.6. The van der Waals surface area contributed by atoms with E-state index in [4.69, 9.17) is 4.74 Å². The molecule has 38 heavy (non-hydrogen) atoms. The third kappa shape index (κ3) is 12.3. The van der Waals surface area contributed by atoms with Crippen molar-refractivity contribution in [2.45, 2.75) is 53.9 Å². The fourth-order valence-corrected chi connectivity index (χ4v) is 3.14. The van der Waals surface area contributed by atoms with Crippen LogP contribution in [-0.4, -0.2) is 6.61 Å². The quantitative estimate of drug-likeness (QED) is 0.0980. The van der Waals surface area contributed by atoms with Gasteiger partial charge in [0.05, 0.1) is 0 Å². The Kier molecular flexibility index (Phi) is 15.8. The highest BCUT2D eigenvalue weighted by molar-refractivity contribution is 5.54. The van der Waals surface area contributed by atoms with Crippen LogP contribution in [0.1, 0.15) is 53.9 Å². The van der Waals surface area contributed by atoms with E-state index in [0.717, 1.165) is 12.0 Å². The first kappa shape index (κ1) is 34.7. The first-order chi connectivity index (χ1) is 17.6. The van der Waals surface area contributed by atoms with Gasteiger partial charge in [0, 0.05) is 11.1 Å². The third-order valence-electron chi connectivity index (χ3n) is 6.40. The van der Waals surface area contributed by atoms with Crippen LogP contribution in [0.15, 0.2) is 133 Å². The summed E-state index contributed by atoms with van der Waals surface area (Å²) < 4.78 is 48.3. The summed E-state index contributed by atoms with van der Waals surface area (Å²) in [5.41, 5.74) is 1.47. The van der Waals surface area contributed by atoms with Gasteiger partial charge in [-0.25, -0.2) is 8.78 Å². The second-order valence-corrected chi connectivity index (χ2v) is 10.1. The van der Waals surface area contributed by atoms with Crippen molar-refractivity contribution in [1.82, 2.24) is 0 Å². The Morgan fingerprint density at radius 1 is 0.763 bits per heavy atom. The Bertz CT molecular complexity index is 1060. The van der Waals surface area contributed by atoms with Gasteiger partial charge in [-0.15, -0.1) is 0 Å². The van der Waals surface area contributed by atoms with Crippen molar-refractivity contribution in [3.8, 4) is 0 Å². The largest absolute Gasteiger partial charge is 0.487 e. The monoisotopic (exact) mass is 526 g/mol. The van der Waals surface area contributed by atoms with Crippen molar-refractivity contribution in [3.05, 3.63) is 133 Å². The van der Waals surface area contributed by atoms with Gasteiger partial charge in [-0.2, -0.15) is 4.39 Å². The van der Waals surface area contributed by atoms with Crippen LogP contribution in [-0.2, 0) is 4.74 Å². The molecule has 0 aromatic carbocycles. The smallest absolute Gasteiger partial charge is 0.200 e. The van der Waals surface area contributed by atoms with E-state index in [1.807, 2.05) is 6.92 Å². The first-order valence-corrected chi connectivity index (χ1v) is 12.8. The second-order valence-electron chi connectivity index (χ2n) is 10.1. The molecule has 208 valence electrons. The summed E-state index contributed by atoms with van der Waals surface area (Å²) >= 11 is 0. The Hall–Kier alpha value is -3.27. The van der Waals surface area contributed by atoms with Crippen LogP contribution < -0.4 is 0 Å². The molecule has 0 rings (SSSR count). The van der Waals surface area contributed by atoms with Gasteiger partial charge in [0.25, 0.3) is 0 Å². The number of halogens is 3. The summed E-state index contributed by atoms with van der Waals surface area (Å²) in [6, 6.07) is 0. The molecule has 0 aromatic rings. The fourth-order valence-electron chi connectivity index (χ4n) is 3.14. The van der Waals surface area contributed by atoms with E-state index in [-0.39, 0.29) is 28.9 Å². The Morgan fingerprint density at radius 2 is 1.32 bits per heavy atom. The van der Waals surface area contributed by atoms with Crippen molar-refractivity contribution in [2.75, 3.05) is 6.61 Å². The van der Waals surface area contributed by atoms with E-state index in [2.05, 4.69) is 79.8 Å². The number of allylic oxidation sites excluding steroid dienone is 13. The lowest BCUT2D eigenvalue weighted by Gasteiger charge is -2.19. The first-order valence-electron chi connectivity index (χ1n) is 12.8. The minimum absolute atomic E-state index is 0.0214. The lowest BCUT2D eigenvalue weighted by molar-refractivity contribution is 0.241. The summed E-state index contributed by atoms with van der Waals surface area (Å²) in [6.45, 7) is 36.4. The molecule has 0 spiro atoms. The number of rotatable bonds is 18. The molecule has 0 N–H and O–H groups in total. The normalized spacial score (nSPS) is 14.6. The van der Waals surface area contributed by atoms with Crippen molar-refractivity contribution in [1.29, 1.82) is 0 Å². The van der Waals surface area contributed by atoms with Crippen molar-refractivity contribution in [3.63, 3.8) is 0 Å². The summed E-state index contributed by atoms with van der Waals surface area (Å²) in [5.74, 6) is -1.81. The van der Waals surface area contributed by atoms with Crippen molar-refractivity contribution >= 4 is 0 Å². The van der Waals surface area contributed by atoms with Gasteiger partial charge >= 0.3 is 0 Å². The molecule has 2 atom stereocenters. The van der Waals surface area contributed by atoms with Gasteiger partial charge < -0.3 is 4.74 Å². The summed E-state index contributed by atoms with van der Waals surface area (Å²) in [6.07, 6.45) is 10.8. The maximum absolute atomic E-state index is 14.9. The van der Waals surface area contributed by atoms with E-state index < -0.39 is 23.2 Å². The Morgan fingerprint density at radius 3 is 1.84 bits per heavy atom. The maximum atomic E-state index is 14.9. The van der Waals surface area contributed by atoms with Crippen molar-refractivity contribution in [2.24, 2.45) is 17.8 Å². The van der Waals surface area contributed by atoms with Gasteiger partial charge in [0.1, 0.15) is 12.4 Å². The minimum Gasteiger partial charge on any atom is -0.487 e. The van der Waals surface area contributed by atoms with Crippen LogP contribution in [0, 0.1) is 17.8 Å². The lowest BCUT2D eigenvalue weighted by Crippen LogP contribution is -2.08. The SMILES string of the molecule is C=CCOC(=C)/C(F)=C(/F)C(=C)C(=C)/C=C\C(=C)C(=C)/C(F)=C\C(=C)/C(C)=C/CC(C)C(C)CCC(C)C. The predicted molar refractivity (Wildman–Crippen MR) is 159 cm³/mol. The summed E-state index contributed by atoms with van der Waals surface area (Å²) in [7, 11) is 0. The molecule has 2 unspecified atom stereocenters. The van der Waals surface area contributed by atoms with Gasteiger partial charge in [-0.05, 0) is 59.5 Å². The predicted octanol–water partition coefficient (Wildman–Crippen LogP) is 11.1. The van der Waals surface area contributed by atoms with Gasteiger partial charge in [0.2, 0.25) is 5.83 Å². The van der Waals surface area contributed by atoms with Gasteiger partial charge in [-0.3, -0.25) is 0 Å². The number of hydrogen-bond acceptors (Lipinski definition) is 1. The molecule has 0 radical (unpaired) electrons. The van der Waals surface area contributed by atoms with E-state index >= 15 is 0 Å². The zero-order valence-corrected chi connectivity index (χ0v) is 23.9. The van der Waals surface area contributed by atoms with Crippen LogP contribution in [0.25, 0.3) is 0 Å². The molecule has 0 fully saturated rings. The highest BCUT2D eigenvalue weighted by Crippen LogP contribution is 2.29. The van der Waals surface area contributed by atoms with Gasteiger partial charge in [-0.1, -0.05) is 111 Å². The molecule has 0 saturated heterocycles. The Labute approximate surface area is 229 Å². The average molecular weight is 527 g/mol. The maximum Gasteiger partial charge on any atom is 0.200 e. The molecule has 0 bridgehead atoms. The molecule has 0 aliphatic rings. The van der Waals surface area contributed by atoms with Crippen LogP contribution in [0.5, 0.6) is 0 Å². The molecule has 0 aromatic heterocycles. The van der Waals surface area contributed by atoms with Crippen LogP contribution in [0.2, 0.25) is 0 Å².